The topological polar surface area (TPSA) is 45.1 Å². The summed E-state index contributed by atoms with van der Waals surface area (Å²) in [5.41, 5.74) is 1.77. The Morgan fingerprint density at radius 1 is 1.38 bits per heavy atom. The second-order valence-corrected chi connectivity index (χ2v) is 4.41. The first kappa shape index (κ1) is 11.2. The van der Waals surface area contributed by atoms with Crippen LogP contribution in [0.2, 0.25) is 0 Å². The molecular weight excluding hydrogens is 220 g/mol. The lowest BCUT2D eigenvalue weighted by Crippen LogP contribution is -2.21. The molecule has 1 unspecified atom stereocenters. The van der Waals surface area contributed by atoms with Crippen molar-refractivity contribution in [2.75, 3.05) is 17.3 Å². The Bertz CT molecular complexity index is 470. The van der Waals surface area contributed by atoms with Gasteiger partial charge in [0.25, 0.3) is 0 Å². The molecule has 0 amide bonds. The van der Waals surface area contributed by atoms with Crippen LogP contribution in [0.1, 0.15) is 0 Å². The monoisotopic (exact) mass is 234 g/mol. The van der Waals surface area contributed by atoms with Crippen molar-refractivity contribution in [3.8, 4) is 0 Å². The normalized spacial score (nSPS) is 12.6. The van der Waals surface area contributed by atoms with Crippen molar-refractivity contribution in [3.05, 3.63) is 36.5 Å². The maximum Gasteiger partial charge on any atom is 0.133 e. The highest BCUT2D eigenvalue weighted by molar-refractivity contribution is 7.98. The zero-order valence-electron chi connectivity index (χ0n) is 9.05. The molecule has 84 valence electrons. The second kappa shape index (κ2) is 5.18. The van der Waals surface area contributed by atoms with Gasteiger partial charge in [-0.2, -0.15) is 11.8 Å². The molecule has 0 saturated heterocycles. The average Bonchev–Trinajstić information content (AvgIpc) is 2.30. The number of hydrogen-bond donors (Lipinski definition) is 2. The lowest BCUT2D eigenvalue weighted by Gasteiger charge is -2.14. The molecule has 0 spiro atoms. The van der Waals surface area contributed by atoms with E-state index in [1.165, 1.54) is 0 Å². The number of para-hydroxylation sites is 1. The fourth-order valence-corrected chi connectivity index (χ4v) is 2.00. The second-order valence-electron chi connectivity index (χ2n) is 3.50. The Kier molecular flexibility index (Phi) is 3.64. The van der Waals surface area contributed by atoms with Crippen molar-refractivity contribution in [1.82, 2.24) is 4.98 Å². The lowest BCUT2D eigenvalue weighted by molar-refractivity contribution is 0.229. The first-order valence-electron chi connectivity index (χ1n) is 5.08. The zero-order valence-corrected chi connectivity index (χ0v) is 9.87. The summed E-state index contributed by atoms with van der Waals surface area (Å²) in [4.78, 5) is 4.31. The van der Waals surface area contributed by atoms with Crippen LogP contribution < -0.4 is 5.32 Å². The third-order valence-electron chi connectivity index (χ3n) is 2.28. The third kappa shape index (κ3) is 2.46. The Labute approximate surface area is 98.9 Å². The SMILES string of the molecule is CSCC(O)Nc1cccc2cccnc12. The zero-order chi connectivity index (χ0) is 11.4. The number of aromatic nitrogens is 1. The summed E-state index contributed by atoms with van der Waals surface area (Å²) in [5, 5.41) is 13.8. The molecule has 0 fully saturated rings. The van der Waals surface area contributed by atoms with Gasteiger partial charge in [0, 0.05) is 17.3 Å². The molecule has 0 bridgehead atoms. The van der Waals surface area contributed by atoms with Crippen molar-refractivity contribution in [1.29, 1.82) is 0 Å². The summed E-state index contributed by atoms with van der Waals surface area (Å²) in [5.74, 6) is 0.656. The molecule has 16 heavy (non-hydrogen) atoms. The van der Waals surface area contributed by atoms with Gasteiger partial charge in [-0.3, -0.25) is 4.98 Å². The quantitative estimate of drug-likeness (QED) is 0.797. The number of aliphatic hydroxyl groups excluding tert-OH is 1. The summed E-state index contributed by atoms with van der Waals surface area (Å²) in [6, 6.07) is 9.81. The van der Waals surface area contributed by atoms with Gasteiger partial charge >= 0.3 is 0 Å². The van der Waals surface area contributed by atoms with E-state index in [2.05, 4.69) is 10.3 Å². The van der Waals surface area contributed by atoms with Crippen molar-refractivity contribution >= 4 is 28.4 Å². The van der Waals surface area contributed by atoms with Crippen molar-refractivity contribution in [3.63, 3.8) is 0 Å². The van der Waals surface area contributed by atoms with Crippen molar-refractivity contribution in [2.24, 2.45) is 0 Å². The van der Waals surface area contributed by atoms with E-state index in [4.69, 9.17) is 0 Å². The Morgan fingerprint density at radius 3 is 3.00 bits per heavy atom. The number of benzene rings is 1. The molecule has 1 aromatic carbocycles. The first-order valence-corrected chi connectivity index (χ1v) is 6.48. The van der Waals surface area contributed by atoms with Crippen LogP contribution in [0.25, 0.3) is 10.9 Å². The van der Waals surface area contributed by atoms with Gasteiger partial charge in [0.2, 0.25) is 0 Å². The van der Waals surface area contributed by atoms with Gasteiger partial charge in [-0.15, -0.1) is 0 Å². The van der Waals surface area contributed by atoms with E-state index in [0.29, 0.717) is 5.75 Å². The number of thioether (sulfide) groups is 1. The maximum atomic E-state index is 9.70. The molecule has 2 N–H and O–H groups in total. The van der Waals surface area contributed by atoms with E-state index in [1.54, 1.807) is 18.0 Å². The molecular formula is C12H14N2OS. The molecule has 1 aromatic heterocycles. The van der Waals surface area contributed by atoms with Gasteiger partial charge in [0.1, 0.15) is 6.23 Å². The molecule has 0 aliphatic rings. The largest absolute Gasteiger partial charge is 0.373 e. The van der Waals surface area contributed by atoms with Crippen LogP contribution in [0.15, 0.2) is 36.5 Å². The molecule has 0 radical (unpaired) electrons. The third-order valence-corrected chi connectivity index (χ3v) is 2.93. The molecule has 3 nitrogen and oxygen atoms in total. The summed E-state index contributed by atoms with van der Waals surface area (Å²) < 4.78 is 0. The van der Waals surface area contributed by atoms with E-state index in [1.807, 2.05) is 36.6 Å². The molecule has 0 aliphatic heterocycles. The number of nitrogens with zero attached hydrogens (tertiary/aromatic N) is 1. The Hall–Kier alpha value is -1.26. The smallest absolute Gasteiger partial charge is 0.133 e. The van der Waals surface area contributed by atoms with Crippen molar-refractivity contribution in [2.45, 2.75) is 6.23 Å². The molecule has 2 rings (SSSR count). The van der Waals surface area contributed by atoms with Gasteiger partial charge < -0.3 is 10.4 Å². The predicted molar refractivity (Wildman–Crippen MR) is 69.8 cm³/mol. The molecule has 1 atom stereocenters. The number of pyridine rings is 1. The standard InChI is InChI=1S/C12H14N2OS/c1-16-8-11(15)14-10-6-2-4-9-5-3-7-13-12(9)10/h2-7,11,14-15H,8H2,1H3. The van der Waals surface area contributed by atoms with Crippen LogP contribution in [-0.4, -0.2) is 28.3 Å². The fraction of sp³-hybridized carbons (Fsp3) is 0.250. The van der Waals surface area contributed by atoms with Gasteiger partial charge in [0.15, 0.2) is 0 Å². The summed E-state index contributed by atoms with van der Waals surface area (Å²) in [7, 11) is 0. The lowest BCUT2D eigenvalue weighted by atomic mass is 10.2. The van der Waals surface area contributed by atoms with E-state index in [0.717, 1.165) is 16.6 Å². The molecule has 0 aliphatic carbocycles. The minimum Gasteiger partial charge on any atom is -0.373 e. The van der Waals surface area contributed by atoms with Crippen molar-refractivity contribution < 1.29 is 5.11 Å². The van der Waals surface area contributed by atoms with Gasteiger partial charge in [-0.05, 0) is 18.4 Å². The van der Waals surface area contributed by atoms with Crippen LogP contribution in [0, 0.1) is 0 Å². The fourth-order valence-electron chi connectivity index (χ4n) is 1.60. The first-order chi connectivity index (χ1) is 7.81. The number of nitrogens with one attached hydrogen (secondary N) is 1. The number of hydrogen-bond acceptors (Lipinski definition) is 4. The highest BCUT2D eigenvalue weighted by Crippen LogP contribution is 2.21. The van der Waals surface area contributed by atoms with E-state index in [9.17, 15) is 5.11 Å². The van der Waals surface area contributed by atoms with Gasteiger partial charge in [-0.1, -0.05) is 18.2 Å². The van der Waals surface area contributed by atoms with E-state index >= 15 is 0 Å². The molecule has 2 aromatic rings. The van der Waals surface area contributed by atoms with Crippen LogP contribution in [-0.2, 0) is 0 Å². The van der Waals surface area contributed by atoms with Crippen LogP contribution in [0.5, 0.6) is 0 Å². The van der Waals surface area contributed by atoms with E-state index < -0.39 is 6.23 Å². The number of aliphatic hydroxyl groups is 1. The van der Waals surface area contributed by atoms with Crippen LogP contribution in [0.4, 0.5) is 5.69 Å². The number of anilines is 1. The van der Waals surface area contributed by atoms with Gasteiger partial charge in [0.05, 0.1) is 11.2 Å². The molecule has 4 heteroatoms. The molecule has 0 saturated carbocycles. The van der Waals surface area contributed by atoms with Gasteiger partial charge in [-0.25, -0.2) is 0 Å². The Morgan fingerprint density at radius 2 is 2.19 bits per heavy atom. The summed E-state index contributed by atoms with van der Waals surface area (Å²) >= 11 is 1.60. The maximum absolute atomic E-state index is 9.70. The average molecular weight is 234 g/mol. The number of rotatable bonds is 4. The number of fused-ring (bicyclic) bond motifs is 1. The highest BCUT2D eigenvalue weighted by Gasteiger charge is 2.06. The summed E-state index contributed by atoms with van der Waals surface area (Å²) in [6.45, 7) is 0. The summed E-state index contributed by atoms with van der Waals surface area (Å²) in [6.07, 6.45) is 3.18. The van der Waals surface area contributed by atoms with Crippen LogP contribution in [0.3, 0.4) is 0 Å². The Balaban J connectivity index is 2.30. The predicted octanol–water partition coefficient (Wildman–Crippen LogP) is 2.33. The highest BCUT2D eigenvalue weighted by atomic mass is 32.2. The minimum absolute atomic E-state index is 0.539. The minimum atomic E-state index is -0.539. The van der Waals surface area contributed by atoms with E-state index in [-0.39, 0.29) is 0 Å². The van der Waals surface area contributed by atoms with Crippen LogP contribution >= 0.6 is 11.8 Å². The molecule has 1 heterocycles.